The van der Waals surface area contributed by atoms with Gasteiger partial charge in [-0.1, -0.05) is 55.5 Å². The first-order valence-corrected chi connectivity index (χ1v) is 12.1. The molecule has 1 aliphatic heterocycles. The Kier molecular flexibility index (Phi) is 6.77. The van der Waals surface area contributed by atoms with E-state index in [4.69, 9.17) is 9.72 Å². The van der Waals surface area contributed by atoms with Crippen molar-refractivity contribution in [3.05, 3.63) is 65.6 Å². The summed E-state index contributed by atoms with van der Waals surface area (Å²) in [5, 5.41) is 14.5. The third-order valence-electron chi connectivity index (χ3n) is 6.45. The van der Waals surface area contributed by atoms with Gasteiger partial charge in [0.1, 0.15) is 5.82 Å². The molecule has 0 aliphatic carbocycles. The number of hydrogen-bond acceptors (Lipinski definition) is 8. The molecule has 0 unspecified atom stereocenters. The van der Waals surface area contributed by atoms with Crippen LogP contribution in [0.3, 0.4) is 0 Å². The molecule has 186 valence electrons. The number of carbonyl (C=O) groups excluding carboxylic acids is 1. The minimum absolute atomic E-state index is 0.233. The highest BCUT2D eigenvalue weighted by Gasteiger charge is 2.28. The average molecular weight is 487 g/mol. The lowest BCUT2D eigenvalue weighted by atomic mass is 9.98. The van der Waals surface area contributed by atoms with Crippen LogP contribution in [0.2, 0.25) is 0 Å². The molecular formula is C26H30N8O2. The van der Waals surface area contributed by atoms with Crippen LogP contribution in [0.15, 0.2) is 48.5 Å². The number of nitrogens with zero attached hydrogens (tertiary/aromatic N) is 7. The second-order valence-electron chi connectivity index (χ2n) is 9.01. The summed E-state index contributed by atoms with van der Waals surface area (Å²) in [7, 11) is 3.45. The number of anilines is 1. The molecule has 0 fully saturated rings. The number of fused-ring (bicyclic) bond motifs is 1. The Morgan fingerprint density at radius 3 is 2.58 bits per heavy atom. The number of ether oxygens (including phenoxy) is 1. The maximum atomic E-state index is 11.9. The van der Waals surface area contributed by atoms with Crippen LogP contribution in [0.1, 0.15) is 30.4 Å². The number of nitrogens with one attached hydrogen (secondary N) is 1. The number of rotatable bonds is 8. The van der Waals surface area contributed by atoms with Crippen LogP contribution in [0, 0.1) is 0 Å². The third kappa shape index (κ3) is 4.72. The molecular weight excluding hydrogens is 456 g/mol. The maximum Gasteiger partial charge on any atom is 0.319 e. The quantitative estimate of drug-likeness (QED) is 0.379. The van der Waals surface area contributed by atoms with Crippen LogP contribution in [0.4, 0.5) is 5.82 Å². The lowest BCUT2D eigenvalue weighted by Gasteiger charge is -2.33. The minimum Gasteiger partial charge on any atom is -0.468 e. The van der Waals surface area contributed by atoms with Crippen LogP contribution in [0.25, 0.3) is 22.5 Å². The second-order valence-corrected chi connectivity index (χ2v) is 9.01. The lowest BCUT2D eigenvalue weighted by Crippen LogP contribution is -2.43. The van der Waals surface area contributed by atoms with Gasteiger partial charge in [0.25, 0.3) is 0 Å². The normalized spacial score (nSPS) is 13.6. The molecule has 0 atom stereocenters. The Labute approximate surface area is 209 Å². The fourth-order valence-electron chi connectivity index (χ4n) is 4.75. The number of aryl methyl sites for hydroxylation is 1. The van der Waals surface area contributed by atoms with Gasteiger partial charge in [0.05, 0.1) is 26.0 Å². The van der Waals surface area contributed by atoms with Crippen molar-refractivity contribution < 1.29 is 9.53 Å². The summed E-state index contributed by atoms with van der Waals surface area (Å²) in [6, 6.07) is 16.6. The molecule has 0 saturated carbocycles. The highest BCUT2D eigenvalue weighted by molar-refractivity contribution is 5.80. The number of benzene rings is 2. The van der Waals surface area contributed by atoms with Gasteiger partial charge in [-0.3, -0.25) is 9.69 Å². The van der Waals surface area contributed by atoms with Gasteiger partial charge in [-0.25, -0.2) is 4.98 Å². The van der Waals surface area contributed by atoms with Crippen LogP contribution in [-0.4, -0.2) is 68.4 Å². The van der Waals surface area contributed by atoms with E-state index >= 15 is 0 Å². The van der Waals surface area contributed by atoms with E-state index in [9.17, 15) is 4.79 Å². The molecule has 10 nitrogen and oxygen atoms in total. The lowest BCUT2D eigenvalue weighted by molar-refractivity contribution is -0.142. The number of hydrogen-bond donors (Lipinski definition) is 1. The molecule has 2 aromatic heterocycles. The van der Waals surface area contributed by atoms with Crippen molar-refractivity contribution in [2.75, 3.05) is 32.3 Å². The molecule has 1 aliphatic rings. The van der Waals surface area contributed by atoms with Crippen LogP contribution >= 0.6 is 0 Å². The highest BCUT2D eigenvalue weighted by atomic mass is 16.5. The van der Waals surface area contributed by atoms with Gasteiger partial charge in [-0.15, -0.1) is 10.2 Å². The predicted octanol–water partition coefficient (Wildman–Crippen LogP) is 3.11. The third-order valence-corrected chi connectivity index (χ3v) is 6.45. The first-order chi connectivity index (χ1) is 17.6. The van der Waals surface area contributed by atoms with Crippen molar-refractivity contribution in [2.45, 2.75) is 32.9 Å². The Morgan fingerprint density at radius 2 is 1.89 bits per heavy atom. The summed E-state index contributed by atoms with van der Waals surface area (Å²) in [6.45, 7) is 4.43. The zero-order valence-electron chi connectivity index (χ0n) is 20.8. The topological polar surface area (TPSA) is 105 Å². The second kappa shape index (κ2) is 10.3. The number of carbonyl (C=O) groups is 1. The summed E-state index contributed by atoms with van der Waals surface area (Å²) in [5.41, 5.74) is 5.38. The van der Waals surface area contributed by atoms with Crippen LogP contribution in [-0.2, 0) is 29.0 Å². The number of aromatic nitrogens is 6. The zero-order chi connectivity index (χ0) is 25.1. The standard InChI is InChI=1S/C26H30N8O2/c1-4-7-23-27-26-22(15-33(17-32(26)2)16-24(35)36-3)34(23)14-18-10-12-19(13-11-18)20-8-5-6-9-21(20)25-28-30-31-29-25/h5-6,8-13H,4,7,14-17H2,1-3H3,(H,28,29,30,31). The van der Waals surface area contributed by atoms with E-state index in [-0.39, 0.29) is 12.5 Å². The molecule has 1 N–H and O–H groups in total. The largest absolute Gasteiger partial charge is 0.468 e. The summed E-state index contributed by atoms with van der Waals surface area (Å²) >= 11 is 0. The molecule has 0 radical (unpaired) electrons. The van der Waals surface area contributed by atoms with E-state index < -0.39 is 0 Å². The summed E-state index contributed by atoms with van der Waals surface area (Å²) in [5.74, 6) is 2.40. The SMILES string of the molecule is CCCc1nc2c(n1Cc1ccc(-c3ccccc3-c3nn[nH]n3)cc1)CN(CC(=O)OC)CN2C. The molecule has 36 heavy (non-hydrogen) atoms. The Balaban J connectivity index is 1.43. The summed E-state index contributed by atoms with van der Waals surface area (Å²) < 4.78 is 7.20. The van der Waals surface area contributed by atoms with E-state index in [1.165, 1.54) is 12.7 Å². The summed E-state index contributed by atoms with van der Waals surface area (Å²) in [6.07, 6.45) is 1.91. The van der Waals surface area contributed by atoms with Gasteiger partial charge in [0.2, 0.25) is 5.82 Å². The van der Waals surface area contributed by atoms with E-state index in [0.29, 0.717) is 25.6 Å². The smallest absolute Gasteiger partial charge is 0.319 e. The average Bonchev–Trinajstić information content (AvgIpc) is 3.54. The number of esters is 1. The van der Waals surface area contributed by atoms with Gasteiger partial charge in [0.15, 0.2) is 5.82 Å². The molecule has 10 heteroatoms. The van der Waals surface area contributed by atoms with Gasteiger partial charge in [-0.2, -0.15) is 5.21 Å². The fraction of sp³-hybridized carbons (Fsp3) is 0.346. The van der Waals surface area contributed by atoms with Crippen molar-refractivity contribution in [3.8, 4) is 22.5 Å². The number of imidazole rings is 1. The summed E-state index contributed by atoms with van der Waals surface area (Å²) in [4.78, 5) is 21.1. The van der Waals surface area contributed by atoms with Gasteiger partial charge < -0.3 is 14.2 Å². The van der Waals surface area contributed by atoms with Gasteiger partial charge in [0, 0.05) is 32.1 Å². The Hall–Kier alpha value is -4.05. The monoisotopic (exact) mass is 486 g/mol. The molecule has 0 saturated heterocycles. The van der Waals surface area contributed by atoms with E-state index in [0.717, 1.165) is 46.9 Å². The first kappa shape index (κ1) is 23.7. The van der Waals surface area contributed by atoms with Crippen molar-refractivity contribution >= 4 is 11.8 Å². The molecule has 2 aromatic carbocycles. The van der Waals surface area contributed by atoms with E-state index in [1.807, 2.05) is 25.2 Å². The predicted molar refractivity (Wildman–Crippen MR) is 136 cm³/mol. The first-order valence-electron chi connectivity index (χ1n) is 12.1. The molecule has 0 amide bonds. The highest BCUT2D eigenvalue weighted by Crippen LogP contribution is 2.31. The number of H-pyrrole nitrogens is 1. The molecule has 0 bridgehead atoms. The van der Waals surface area contributed by atoms with Crippen LogP contribution < -0.4 is 4.90 Å². The molecule has 0 spiro atoms. The van der Waals surface area contributed by atoms with Crippen LogP contribution in [0.5, 0.6) is 0 Å². The number of tetrazole rings is 1. The Bertz CT molecular complexity index is 1330. The fourth-order valence-corrected chi connectivity index (χ4v) is 4.75. The van der Waals surface area contributed by atoms with E-state index in [1.54, 1.807) is 0 Å². The maximum absolute atomic E-state index is 11.9. The minimum atomic E-state index is -0.233. The van der Waals surface area contributed by atoms with Gasteiger partial charge in [-0.05, 0) is 28.3 Å². The number of methoxy groups -OCH3 is 1. The van der Waals surface area contributed by atoms with Crippen molar-refractivity contribution in [3.63, 3.8) is 0 Å². The molecule has 5 rings (SSSR count). The van der Waals surface area contributed by atoms with Crippen molar-refractivity contribution in [2.24, 2.45) is 0 Å². The number of aromatic amines is 1. The van der Waals surface area contributed by atoms with Crippen molar-refractivity contribution in [1.29, 1.82) is 0 Å². The van der Waals surface area contributed by atoms with Gasteiger partial charge >= 0.3 is 5.97 Å². The molecule has 3 heterocycles. The van der Waals surface area contributed by atoms with Crippen molar-refractivity contribution in [1.82, 2.24) is 35.1 Å². The van der Waals surface area contributed by atoms with E-state index in [2.05, 4.69) is 72.2 Å². The Morgan fingerprint density at radius 1 is 1.11 bits per heavy atom. The zero-order valence-corrected chi connectivity index (χ0v) is 20.8. The molecule has 4 aromatic rings.